The van der Waals surface area contributed by atoms with E-state index in [1.165, 1.54) is 17.0 Å². The molecule has 0 aliphatic carbocycles. The number of para-hydroxylation sites is 1. The Morgan fingerprint density at radius 1 is 1.03 bits per heavy atom. The maximum atomic E-state index is 14.6. The second-order valence-electron chi connectivity index (χ2n) is 9.36. The standard InChI is InChI=1S/C26H23FN6O4/c27-15-12-17-18(14-33(26(17)37)20-4-5-22(34)30-24(20)35)21(13-15)31-8-10-32(11-9-31)25(36)16-2-1-3-19-23(16)29-7-6-28-19/h1-3,6-7,12-13,20H,4-5,8-11,14H2,(H,30,34,35). The average molecular weight is 503 g/mol. The predicted octanol–water partition coefficient (Wildman–Crippen LogP) is 1.49. The summed E-state index contributed by atoms with van der Waals surface area (Å²) >= 11 is 0. The summed E-state index contributed by atoms with van der Waals surface area (Å²) in [7, 11) is 0. The number of amides is 4. The van der Waals surface area contributed by atoms with Gasteiger partial charge in [0.25, 0.3) is 11.8 Å². The Morgan fingerprint density at radius 3 is 2.59 bits per heavy atom. The zero-order chi connectivity index (χ0) is 25.7. The van der Waals surface area contributed by atoms with Gasteiger partial charge in [0, 0.05) is 68.4 Å². The van der Waals surface area contributed by atoms with Crippen molar-refractivity contribution in [2.24, 2.45) is 0 Å². The van der Waals surface area contributed by atoms with Crippen LogP contribution in [-0.2, 0) is 16.1 Å². The smallest absolute Gasteiger partial charge is 0.256 e. The van der Waals surface area contributed by atoms with Crippen LogP contribution < -0.4 is 10.2 Å². The van der Waals surface area contributed by atoms with Gasteiger partial charge in [-0.05, 0) is 30.7 Å². The van der Waals surface area contributed by atoms with E-state index in [0.29, 0.717) is 54.0 Å². The van der Waals surface area contributed by atoms with Gasteiger partial charge in [0.2, 0.25) is 11.8 Å². The van der Waals surface area contributed by atoms with E-state index in [9.17, 15) is 23.6 Å². The van der Waals surface area contributed by atoms with Gasteiger partial charge < -0.3 is 14.7 Å². The van der Waals surface area contributed by atoms with E-state index < -0.39 is 23.7 Å². The van der Waals surface area contributed by atoms with Gasteiger partial charge in [-0.3, -0.25) is 34.5 Å². The van der Waals surface area contributed by atoms with Crippen molar-refractivity contribution >= 4 is 40.3 Å². The molecule has 37 heavy (non-hydrogen) atoms. The molecule has 2 saturated heterocycles. The van der Waals surface area contributed by atoms with Crippen LogP contribution in [0.15, 0.2) is 42.7 Å². The SMILES string of the molecule is O=C1CCC(N2Cc3c(cc(F)cc3N3CCN(C(=O)c4cccc5nccnc45)CC3)C2=O)C(=O)N1. The zero-order valence-corrected chi connectivity index (χ0v) is 19.8. The van der Waals surface area contributed by atoms with Crippen molar-refractivity contribution in [3.63, 3.8) is 0 Å². The van der Waals surface area contributed by atoms with Gasteiger partial charge in [0.1, 0.15) is 17.4 Å². The van der Waals surface area contributed by atoms with E-state index in [0.717, 1.165) is 0 Å². The van der Waals surface area contributed by atoms with Crippen LogP contribution in [0, 0.1) is 5.82 Å². The summed E-state index contributed by atoms with van der Waals surface area (Å²) in [5.41, 5.74) is 3.14. The number of piperidine rings is 1. The highest BCUT2D eigenvalue weighted by molar-refractivity contribution is 6.06. The Morgan fingerprint density at radius 2 is 1.81 bits per heavy atom. The van der Waals surface area contributed by atoms with E-state index >= 15 is 0 Å². The van der Waals surface area contributed by atoms with Crippen LogP contribution in [0.5, 0.6) is 0 Å². The van der Waals surface area contributed by atoms with Crippen molar-refractivity contribution in [1.29, 1.82) is 0 Å². The summed E-state index contributed by atoms with van der Waals surface area (Å²) in [5.74, 6) is -1.98. The lowest BCUT2D eigenvalue weighted by molar-refractivity contribution is -0.136. The van der Waals surface area contributed by atoms with Gasteiger partial charge in [0.15, 0.2) is 0 Å². The lowest BCUT2D eigenvalue weighted by Crippen LogP contribution is -2.52. The van der Waals surface area contributed by atoms with Gasteiger partial charge in [-0.25, -0.2) is 4.39 Å². The molecule has 2 aromatic carbocycles. The van der Waals surface area contributed by atoms with Crippen molar-refractivity contribution in [1.82, 2.24) is 25.1 Å². The lowest BCUT2D eigenvalue weighted by Gasteiger charge is -2.37. The van der Waals surface area contributed by atoms with Crippen LogP contribution in [0.3, 0.4) is 0 Å². The van der Waals surface area contributed by atoms with Gasteiger partial charge in [-0.15, -0.1) is 0 Å². The Kier molecular flexibility index (Phi) is 5.54. The molecule has 10 nitrogen and oxygen atoms in total. The second-order valence-corrected chi connectivity index (χ2v) is 9.36. The molecule has 3 aliphatic heterocycles. The largest absolute Gasteiger partial charge is 0.368 e. The van der Waals surface area contributed by atoms with Gasteiger partial charge in [-0.1, -0.05) is 6.07 Å². The number of hydrogen-bond donors (Lipinski definition) is 1. The third-order valence-electron chi connectivity index (χ3n) is 7.23. The molecule has 1 aromatic heterocycles. The highest BCUT2D eigenvalue weighted by Crippen LogP contribution is 2.35. The first kappa shape index (κ1) is 23.0. The van der Waals surface area contributed by atoms with Crippen LogP contribution in [-0.4, -0.2) is 75.6 Å². The molecule has 1 atom stereocenters. The minimum atomic E-state index is -0.772. The molecule has 6 rings (SSSR count). The molecule has 3 aliphatic rings. The Balaban J connectivity index is 1.21. The predicted molar refractivity (Wildman–Crippen MR) is 130 cm³/mol. The van der Waals surface area contributed by atoms with E-state index in [-0.39, 0.29) is 36.8 Å². The fourth-order valence-corrected chi connectivity index (χ4v) is 5.38. The first-order valence-corrected chi connectivity index (χ1v) is 12.1. The number of nitrogens with one attached hydrogen (secondary N) is 1. The molecular formula is C26H23FN6O4. The minimum Gasteiger partial charge on any atom is -0.368 e. The molecule has 3 aromatic rings. The molecule has 0 radical (unpaired) electrons. The molecular weight excluding hydrogens is 479 g/mol. The number of anilines is 1. The third kappa shape index (κ3) is 3.96. The normalized spacial score (nSPS) is 19.9. The van der Waals surface area contributed by atoms with Crippen LogP contribution in [0.4, 0.5) is 10.1 Å². The number of benzene rings is 2. The number of carbonyl (C=O) groups excluding carboxylic acids is 4. The van der Waals surface area contributed by atoms with Gasteiger partial charge in [-0.2, -0.15) is 0 Å². The fraction of sp³-hybridized carbons (Fsp3) is 0.308. The zero-order valence-electron chi connectivity index (χ0n) is 19.8. The number of imide groups is 1. The summed E-state index contributed by atoms with van der Waals surface area (Å²) in [5, 5.41) is 2.28. The monoisotopic (exact) mass is 502 g/mol. The Bertz CT molecular complexity index is 1460. The number of carbonyl (C=O) groups is 4. The van der Waals surface area contributed by atoms with Crippen LogP contribution >= 0.6 is 0 Å². The summed E-state index contributed by atoms with van der Waals surface area (Å²) in [4.78, 5) is 64.0. The molecule has 1 N–H and O–H groups in total. The van der Waals surface area contributed by atoms with Crippen LogP contribution in [0.25, 0.3) is 11.0 Å². The average Bonchev–Trinajstić information content (AvgIpc) is 3.23. The number of aromatic nitrogens is 2. The molecule has 0 saturated carbocycles. The molecule has 11 heteroatoms. The number of piperazine rings is 1. The first-order valence-electron chi connectivity index (χ1n) is 12.1. The van der Waals surface area contributed by atoms with Crippen LogP contribution in [0.1, 0.15) is 39.1 Å². The minimum absolute atomic E-state index is 0.144. The molecule has 1 unspecified atom stereocenters. The first-order chi connectivity index (χ1) is 17.9. The molecule has 4 amide bonds. The molecule has 188 valence electrons. The van der Waals surface area contributed by atoms with E-state index in [1.54, 1.807) is 35.5 Å². The van der Waals surface area contributed by atoms with E-state index in [2.05, 4.69) is 15.3 Å². The Hall–Kier alpha value is -4.41. The van der Waals surface area contributed by atoms with Crippen molar-refractivity contribution in [3.8, 4) is 0 Å². The molecule has 4 heterocycles. The number of hydrogen-bond acceptors (Lipinski definition) is 7. The number of rotatable bonds is 3. The lowest BCUT2D eigenvalue weighted by atomic mass is 10.0. The van der Waals surface area contributed by atoms with Crippen molar-refractivity contribution in [2.75, 3.05) is 31.1 Å². The van der Waals surface area contributed by atoms with Crippen molar-refractivity contribution in [2.45, 2.75) is 25.4 Å². The fourth-order valence-electron chi connectivity index (χ4n) is 5.38. The summed E-state index contributed by atoms with van der Waals surface area (Å²) in [6.45, 7) is 1.87. The highest BCUT2D eigenvalue weighted by Gasteiger charge is 2.41. The summed E-state index contributed by atoms with van der Waals surface area (Å²) < 4.78 is 14.6. The quantitative estimate of drug-likeness (QED) is 0.540. The second kappa shape index (κ2) is 8.91. The maximum absolute atomic E-state index is 14.6. The van der Waals surface area contributed by atoms with Crippen molar-refractivity contribution < 1.29 is 23.6 Å². The number of nitrogens with zero attached hydrogens (tertiary/aromatic N) is 5. The number of fused-ring (bicyclic) bond motifs is 2. The molecule has 0 spiro atoms. The maximum Gasteiger partial charge on any atom is 0.256 e. The van der Waals surface area contributed by atoms with Crippen LogP contribution in [0.2, 0.25) is 0 Å². The van der Waals surface area contributed by atoms with Gasteiger partial charge >= 0.3 is 0 Å². The highest BCUT2D eigenvalue weighted by atomic mass is 19.1. The van der Waals surface area contributed by atoms with E-state index in [4.69, 9.17) is 0 Å². The van der Waals surface area contributed by atoms with Crippen molar-refractivity contribution in [3.05, 3.63) is 65.2 Å². The molecule has 0 bridgehead atoms. The molecule has 2 fully saturated rings. The van der Waals surface area contributed by atoms with Gasteiger partial charge in [0.05, 0.1) is 11.1 Å². The Labute approximate surface area is 211 Å². The summed E-state index contributed by atoms with van der Waals surface area (Å²) in [6, 6.07) is 7.15. The van der Waals surface area contributed by atoms with E-state index in [1.807, 2.05) is 4.90 Å². The summed E-state index contributed by atoms with van der Waals surface area (Å²) in [6.07, 6.45) is 3.53. The topological polar surface area (TPSA) is 116 Å². The third-order valence-corrected chi connectivity index (χ3v) is 7.23. The number of halogens is 1.